The van der Waals surface area contributed by atoms with Gasteiger partial charge in [0, 0.05) is 51.0 Å². The van der Waals surface area contributed by atoms with Crippen LogP contribution in [-0.4, -0.2) is 61.3 Å². The van der Waals surface area contributed by atoms with E-state index in [-0.39, 0.29) is 11.7 Å². The third kappa shape index (κ3) is 5.16. The topological polar surface area (TPSA) is 55.8 Å². The third-order valence-electron chi connectivity index (χ3n) is 5.50. The zero-order valence-electron chi connectivity index (χ0n) is 14.7. The molecule has 0 spiro atoms. The van der Waals surface area contributed by atoms with Crippen molar-refractivity contribution in [1.29, 1.82) is 0 Å². The molecule has 0 aromatic heterocycles. The number of anilines is 1. The SMILES string of the molecule is O=C(O)C1CCC(NCCN2CCN(c3ccc(F)cc3)CC2)CC1. The molecule has 25 heavy (non-hydrogen) atoms. The lowest BCUT2D eigenvalue weighted by molar-refractivity contribution is -0.142. The van der Waals surface area contributed by atoms with E-state index in [9.17, 15) is 9.18 Å². The van der Waals surface area contributed by atoms with E-state index in [4.69, 9.17) is 5.11 Å². The van der Waals surface area contributed by atoms with Gasteiger partial charge >= 0.3 is 5.97 Å². The van der Waals surface area contributed by atoms with Crippen LogP contribution in [0.3, 0.4) is 0 Å². The van der Waals surface area contributed by atoms with Crippen molar-refractivity contribution >= 4 is 11.7 Å². The molecule has 3 rings (SSSR count). The van der Waals surface area contributed by atoms with Gasteiger partial charge in [0.25, 0.3) is 0 Å². The van der Waals surface area contributed by atoms with Gasteiger partial charge in [0.15, 0.2) is 0 Å². The average molecular weight is 349 g/mol. The van der Waals surface area contributed by atoms with Crippen molar-refractivity contribution in [3.63, 3.8) is 0 Å². The molecule has 1 aromatic carbocycles. The summed E-state index contributed by atoms with van der Waals surface area (Å²) >= 11 is 0. The van der Waals surface area contributed by atoms with Crippen LogP contribution in [0.15, 0.2) is 24.3 Å². The number of hydrogen-bond acceptors (Lipinski definition) is 4. The number of halogens is 1. The lowest BCUT2D eigenvalue weighted by Crippen LogP contribution is -2.49. The summed E-state index contributed by atoms with van der Waals surface area (Å²) in [7, 11) is 0. The van der Waals surface area contributed by atoms with Crippen molar-refractivity contribution in [3.05, 3.63) is 30.1 Å². The number of carbonyl (C=O) groups is 1. The van der Waals surface area contributed by atoms with Crippen LogP contribution in [-0.2, 0) is 4.79 Å². The van der Waals surface area contributed by atoms with Crippen LogP contribution in [0, 0.1) is 11.7 Å². The monoisotopic (exact) mass is 349 g/mol. The van der Waals surface area contributed by atoms with Gasteiger partial charge in [0.05, 0.1) is 5.92 Å². The molecule has 1 aromatic rings. The number of hydrogen-bond donors (Lipinski definition) is 2. The highest BCUT2D eigenvalue weighted by Gasteiger charge is 2.25. The first kappa shape index (κ1) is 18.1. The summed E-state index contributed by atoms with van der Waals surface area (Å²) in [5.41, 5.74) is 1.09. The molecule has 1 heterocycles. The largest absolute Gasteiger partial charge is 0.481 e. The molecule has 2 aliphatic rings. The van der Waals surface area contributed by atoms with Crippen molar-refractivity contribution in [1.82, 2.24) is 10.2 Å². The number of aliphatic carboxylic acids is 1. The Hall–Kier alpha value is -1.66. The minimum Gasteiger partial charge on any atom is -0.481 e. The van der Waals surface area contributed by atoms with Crippen LogP contribution in [0.25, 0.3) is 0 Å². The minimum atomic E-state index is -0.641. The summed E-state index contributed by atoms with van der Waals surface area (Å²) in [6, 6.07) is 7.20. The summed E-state index contributed by atoms with van der Waals surface area (Å²) in [5.74, 6) is -0.971. The molecule has 1 saturated carbocycles. The van der Waals surface area contributed by atoms with E-state index >= 15 is 0 Å². The minimum absolute atomic E-state index is 0.141. The highest BCUT2D eigenvalue weighted by atomic mass is 19.1. The first-order valence-corrected chi connectivity index (χ1v) is 9.31. The summed E-state index contributed by atoms with van der Waals surface area (Å²) in [6.45, 7) is 5.95. The summed E-state index contributed by atoms with van der Waals surface area (Å²) in [6.07, 6.45) is 3.53. The van der Waals surface area contributed by atoms with E-state index in [0.717, 1.165) is 70.6 Å². The molecule has 6 heteroatoms. The van der Waals surface area contributed by atoms with Crippen LogP contribution in [0.5, 0.6) is 0 Å². The Kier molecular flexibility index (Phi) is 6.26. The Morgan fingerprint density at radius 1 is 1.08 bits per heavy atom. The van der Waals surface area contributed by atoms with Gasteiger partial charge in [-0.25, -0.2) is 4.39 Å². The van der Waals surface area contributed by atoms with Crippen LogP contribution >= 0.6 is 0 Å². The normalized spacial score (nSPS) is 25.1. The fourth-order valence-electron chi connectivity index (χ4n) is 3.85. The maximum absolute atomic E-state index is 13.0. The van der Waals surface area contributed by atoms with Gasteiger partial charge in [-0.3, -0.25) is 9.69 Å². The zero-order valence-corrected chi connectivity index (χ0v) is 14.7. The Morgan fingerprint density at radius 3 is 2.32 bits per heavy atom. The summed E-state index contributed by atoms with van der Waals surface area (Å²) in [4.78, 5) is 15.7. The number of carboxylic acid groups (broad SMARTS) is 1. The van der Waals surface area contributed by atoms with Crippen molar-refractivity contribution < 1.29 is 14.3 Å². The predicted molar refractivity (Wildman–Crippen MR) is 96.4 cm³/mol. The maximum atomic E-state index is 13.0. The molecule has 1 aliphatic heterocycles. The fourth-order valence-corrected chi connectivity index (χ4v) is 3.85. The van der Waals surface area contributed by atoms with Crippen LogP contribution in [0.2, 0.25) is 0 Å². The molecule has 1 aliphatic carbocycles. The fraction of sp³-hybridized carbons (Fsp3) is 0.632. The van der Waals surface area contributed by atoms with E-state index in [1.165, 1.54) is 12.1 Å². The summed E-state index contributed by atoms with van der Waals surface area (Å²) < 4.78 is 13.0. The molecular formula is C19H28FN3O2. The van der Waals surface area contributed by atoms with Crippen molar-refractivity contribution in [2.24, 2.45) is 5.92 Å². The smallest absolute Gasteiger partial charge is 0.306 e. The molecule has 2 fully saturated rings. The molecule has 1 saturated heterocycles. The van der Waals surface area contributed by atoms with Gasteiger partial charge in [0.2, 0.25) is 0 Å². The molecular weight excluding hydrogens is 321 g/mol. The van der Waals surface area contributed by atoms with Crippen LogP contribution in [0.1, 0.15) is 25.7 Å². The van der Waals surface area contributed by atoms with E-state index in [1.54, 1.807) is 0 Å². The molecule has 0 bridgehead atoms. The number of nitrogens with zero attached hydrogens (tertiary/aromatic N) is 2. The number of rotatable bonds is 6. The molecule has 0 atom stereocenters. The lowest BCUT2D eigenvalue weighted by atomic mass is 9.86. The van der Waals surface area contributed by atoms with E-state index in [1.807, 2.05) is 12.1 Å². The standard InChI is InChI=1S/C19H28FN3O2/c20-16-3-7-18(8-4-16)23-13-11-22(12-14-23)10-9-21-17-5-1-15(2-6-17)19(24)25/h3-4,7-8,15,17,21H,1-2,5-6,9-14H2,(H,24,25). The number of nitrogens with one attached hydrogen (secondary N) is 1. The van der Waals surface area contributed by atoms with Gasteiger partial charge in [0.1, 0.15) is 5.82 Å². The Labute approximate surface area is 148 Å². The highest BCUT2D eigenvalue weighted by molar-refractivity contribution is 5.70. The first-order valence-electron chi connectivity index (χ1n) is 9.31. The lowest BCUT2D eigenvalue weighted by Gasteiger charge is -2.36. The number of piperazine rings is 1. The van der Waals surface area contributed by atoms with Crippen LogP contribution in [0.4, 0.5) is 10.1 Å². The van der Waals surface area contributed by atoms with Gasteiger partial charge in [-0.1, -0.05) is 0 Å². The van der Waals surface area contributed by atoms with E-state index in [2.05, 4.69) is 15.1 Å². The van der Waals surface area contributed by atoms with Gasteiger partial charge in [-0.2, -0.15) is 0 Å². The first-order chi connectivity index (χ1) is 12.1. The Balaban J connectivity index is 1.32. The zero-order chi connectivity index (χ0) is 17.6. The Bertz CT molecular complexity index is 550. The van der Waals surface area contributed by atoms with Crippen molar-refractivity contribution in [2.75, 3.05) is 44.2 Å². The number of benzene rings is 1. The summed E-state index contributed by atoms with van der Waals surface area (Å²) in [5, 5.41) is 12.6. The molecule has 138 valence electrons. The Morgan fingerprint density at radius 2 is 1.72 bits per heavy atom. The van der Waals surface area contributed by atoms with Gasteiger partial charge < -0.3 is 15.3 Å². The predicted octanol–water partition coefficient (Wildman–Crippen LogP) is 2.18. The number of carboxylic acids is 1. The second-order valence-electron chi connectivity index (χ2n) is 7.15. The average Bonchev–Trinajstić information content (AvgIpc) is 2.63. The molecule has 0 amide bonds. The second kappa shape index (κ2) is 8.63. The highest BCUT2D eigenvalue weighted by Crippen LogP contribution is 2.24. The van der Waals surface area contributed by atoms with E-state index in [0.29, 0.717) is 6.04 Å². The van der Waals surface area contributed by atoms with Crippen molar-refractivity contribution in [3.8, 4) is 0 Å². The molecule has 0 radical (unpaired) electrons. The van der Waals surface area contributed by atoms with Gasteiger partial charge in [-0.05, 0) is 49.9 Å². The molecule has 2 N–H and O–H groups in total. The maximum Gasteiger partial charge on any atom is 0.306 e. The molecule has 0 unspecified atom stereocenters. The van der Waals surface area contributed by atoms with Gasteiger partial charge in [-0.15, -0.1) is 0 Å². The van der Waals surface area contributed by atoms with Crippen LogP contribution < -0.4 is 10.2 Å². The second-order valence-corrected chi connectivity index (χ2v) is 7.15. The molecule has 5 nitrogen and oxygen atoms in total. The quantitative estimate of drug-likeness (QED) is 0.824. The van der Waals surface area contributed by atoms with Crippen molar-refractivity contribution in [2.45, 2.75) is 31.7 Å². The van der Waals surface area contributed by atoms with E-state index < -0.39 is 5.97 Å². The third-order valence-corrected chi connectivity index (χ3v) is 5.50.